The summed E-state index contributed by atoms with van der Waals surface area (Å²) in [5.41, 5.74) is 0. The largest absolute Gasteiger partial charge is 0.378 e. The van der Waals surface area contributed by atoms with E-state index in [2.05, 4.69) is 25.5 Å². The van der Waals surface area contributed by atoms with Gasteiger partial charge >= 0.3 is 0 Å². The fraction of sp³-hybridized carbons (Fsp3) is 0.692. The second-order valence-electron chi connectivity index (χ2n) is 4.50. The molecule has 0 spiro atoms. The van der Waals surface area contributed by atoms with E-state index in [1.54, 1.807) is 0 Å². The third-order valence-corrected chi connectivity index (χ3v) is 2.58. The van der Waals surface area contributed by atoms with Gasteiger partial charge in [-0.1, -0.05) is 6.92 Å². The molecule has 0 radical (unpaired) electrons. The molecule has 0 bridgehead atoms. The molecular weight excluding hydrogens is 242 g/mol. The first-order valence-corrected chi connectivity index (χ1v) is 6.67. The van der Waals surface area contributed by atoms with Crippen molar-refractivity contribution in [3.05, 3.63) is 11.9 Å². The Bertz CT molecular complexity index is 348. The number of aromatic nitrogens is 2. The van der Waals surface area contributed by atoms with Gasteiger partial charge in [-0.3, -0.25) is 0 Å². The van der Waals surface area contributed by atoms with Gasteiger partial charge in [0.1, 0.15) is 17.5 Å². The lowest BCUT2D eigenvalue weighted by atomic mass is 10.4. The molecule has 0 amide bonds. The van der Waals surface area contributed by atoms with Crippen LogP contribution < -0.4 is 10.6 Å². The van der Waals surface area contributed by atoms with Crippen LogP contribution >= 0.6 is 0 Å². The number of anilines is 2. The Labute approximate surface area is 115 Å². The van der Waals surface area contributed by atoms with Crippen molar-refractivity contribution in [1.82, 2.24) is 14.9 Å². The number of aryl methyl sites for hydroxylation is 1. The van der Waals surface area contributed by atoms with E-state index < -0.39 is 0 Å². The highest BCUT2D eigenvalue weighted by molar-refractivity contribution is 5.47. The molecule has 2 N–H and O–H groups in total. The molecule has 1 aromatic heterocycles. The van der Waals surface area contributed by atoms with E-state index >= 15 is 0 Å². The van der Waals surface area contributed by atoms with E-state index in [0.717, 1.165) is 43.6 Å². The van der Waals surface area contributed by atoms with Gasteiger partial charge in [-0.2, -0.15) is 0 Å². The van der Waals surface area contributed by atoms with Crippen molar-refractivity contribution >= 4 is 11.6 Å². The average Bonchev–Trinajstić information content (AvgIpc) is 2.41. The lowest BCUT2D eigenvalue weighted by Crippen LogP contribution is -2.20. The zero-order valence-electron chi connectivity index (χ0n) is 12.4. The first kappa shape index (κ1) is 15.7. The van der Waals surface area contributed by atoms with Gasteiger partial charge in [0.05, 0.1) is 13.2 Å². The van der Waals surface area contributed by atoms with Gasteiger partial charge in [-0.25, -0.2) is 9.97 Å². The van der Waals surface area contributed by atoms with Crippen LogP contribution in [0.15, 0.2) is 6.07 Å². The van der Waals surface area contributed by atoms with Gasteiger partial charge in [0, 0.05) is 32.6 Å². The van der Waals surface area contributed by atoms with Crippen molar-refractivity contribution in [3.63, 3.8) is 0 Å². The van der Waals surface area contributed by atoms with Crippen LogP contribution in [0.3, 0.4) is 0 Å². The van der Waals surface area contributed by atoms with Crippen LogP contribution in [0.25, 0.3) is 0 Å². The summed E-state index contributed by atoms with van der Waals surface area (Å²) in [4.78, 5) is 10.9. The Hall–Kier alpha value is -1.40. The lowest BCUT2D eigenvalue weighted by Gasteiger charge is -2.11. The molecule has 0 fully saturated rings. The molecule has 0 saturated carbocycles. The molecule has 0 aliphatic heterocycles. The van der Waals surface area contributed by atoms with E-state index in [-0.39, 0.29) is 0 Å². The quantitative estimate of drug-likeness (QED) is 0.653. The summed E-state index contributed by atoms with van der Waals surface area (Å²) in [6, 6.07) is 1.90. The predicted molar refractivity (Wildman–Crippen MR) is 78.8 cm³/mol. The summed E-state index contributed by atoms with van der Waals surface area (Å²) < 4.78 is 5.52. The predicted octanol–water partition coefficient (Wildman–Crippen LogP) is 1.07. The van der Waals surface area contributed by atoms with Crippen molar-refractivity contribution < 1.29 is 4.74 Å². The zero-order chi connectivity index (χ0) is 14.1. The number of hydrogen-bond donors (Lipinski definition) is 2. The van der Waals surface area contributed by atoms with Crippen LogP contribution in [0.1, 0.15) is 12.7 Å². The van der Waals surface area contributed by atoms with Crippen LogP contribution in [0.2, 0.25) is 0 Å². The molecule has 0 aliphatic rings. The second-order valence-corrected chi connectivity index (χ2v) is 4.50. The average molecular weight is 267 g/mol. The fourth-order valence-electron chi connectivity index (χ4n) is 1.47. The molecule has 0 unspecified atom stereocenters. The topological polar surface area (TPSA) is 62.3 Å². The van der Waals surface area contributed by atoms with Crippen molar-refractivity contribution in [1.29, 1.82) is 0 Å². The monoisotopic (exact) mass is 267 g/mol. The lowest BCUT2D eigenvalue weighted by molar-refractivity contribution is 0.126. The number of likely N-dealkylation sites (N-methyl/N-ethyl adjacent to an activating group) is 1. The number of nitrogens with one attached hydrogen (secondary N) is 2. The Morgan fingerprint density at radius 3 is 2.58 bits per heavy atom. The van der Waals surface area contributed by atoms with Gasteiger partial charge in [-0.05, 0) is 14.1 Å². The fourth-order valence-corrected chi connectivity index (χ4v) is 1.47. The third-order valence-electron chi connectivity index (χ3n) is 2.58. The van der Waals surface area contributed by atoms with Gasteiger partial charge in [0.25, 0.3) is 0 Å². The minimum absolute atomic E-state index is 0.675. The molecule has 108 valence electrons. The standard InChI is InChI=1S/C13H25N5O/c1-5-11-16-12(14-2)10-13(17-11)15-6-8-19-9-7-18(3)4/h10H,5-9H2,1-4H3,(H2,14,15,16,17). The molecule has 0 atom stereocenters. The minimum Gasteiger partial charge on any atom is -0.378 e. The number of nitrogens with zero attached hydrogens (tertiary/aromatic N) is 3. The maximum atomic E-state index is 5.52. The second kappa shape index (κ2) is 8.66. The Kier molecular flexibility index (Phi) is 7.14. The summed E-state index contributed by atoms with van der Waals surface area (Å²) in [7, 11) is 5.93. The SMILES string of the molecule is CCc1nc(NC)cc(NCCOCCN(C)C)n1. The third kappa shape index (κ3) is 6.35. The minimum atomic E-state index is 0.675. The highest BCUT2D eigenvalue weighted by Gasteiger charge is 2.01. The molecule has 6 heteroatoms. The van der Waals surface area contributed by atoms with Crippen LogP contribution in [-0.2, 0) is 11.2 Å². The molecule has 1 rings (SSSR count). The molecule has 0 aromatic carbocycles. The van der Waals surface area contributed by atoms with Crippen molar-refractivity contribution in [2.45, 2.75) is 13.3 Å². The number of hydrogen-bond acceptors (Lipinski definition) is 6. The Morgan fingerprint density at radius 2 is 1.95 bits per heavy atom. The van der Waals surface area contributed by atoms with E-state index in [0.29, 0.717) is 6.61 Å². The van der Waals surface area contributed by atoms with Crippen molar-refractivity contribution in [2.24, 2.45) is 0 Å². The molecule has 0 saturated heterocycles. The van der Waals surface area contributed by atoms with Crippen LogP contribution in [0, 0.1) is 0 Å². The summed E-state index contributed by atoms with van der Waals surface area (Å²) in [6.07, 6.45) is 0.823. The molecular formula is C13H25N5O. The van der Waals surface area contributed by atoms with Crippen molar-refractivity contribution in [3.8, 4) is 0 Å². The highest BCUT2D eigenvalue weighted by atomic mass is 16.5. The normalized spacial score (nSPS) is 10.8. The van der Waals surface area contributed by atoms with E-state index in [4.69, 9.17) is 4.74 Å². The van der Waals surface area contributed by atoms with Gasteiger partial charge in [-0.15, -0.1) is 0 Å². The van der Waals surface area contributed by atoms with Gasteiger partial charge < -0.3 is 20.3 Å². The van der Waals surface area contributed by atoms with Crippen LogP contribution in [0.4, 0.5) is 11.6 Å². The molecule has 1 heterocycles. The van der Waals surface area contributed by atoms with Crippen LogP contribution in [-0.4, -0.2) is 62.3 Å². The van der Waals surface area contributed by atoms with Gasteiger partial charge in [0.15, 0.2) is 0 Å². The summed E-state index contributed by atoms with van der Waals surface area (Å²) in [5.74, 6) is 2.51. The highest BCUT2D eigenvalue weighted by Crippen LogP contribution is 2.10. The Balaban J connectivity index is 2.32. The first-order chi connectivity index (χ1) is 9.15. The molecule has 6 nitrogen and oxygen atoms in total. The number of rotatable bonds is 9. The van der Waals surface area contributed by atoms with Crippen molar-refractivity contribution in [2.75, 3.05) is 58.1 Å². The van der Waals surface area contributed by atoms with E-state index in [1.165, 1.54) is 0 Å². The Morgan fingerprint density at radius 1 is 1.21 bits per heavy atom. The maximum Gasteiger partial charge on any atom is 0.132 e. The smallest absolute Gasteiger partial charge is 0.132 e. The van der Waals surface area contributed by atoms with Gasteiger partial charge in [0.2, 0.25) is 0 Å². The maximum absolute atomic E-state index is 5.52. The summed E-state index contributed by atoms with van der Waals surface area (Å²) >= 11 is 0. The summed E-state index contributed by atoms with van der Waals surface area (Å²) in [5, 5.41) is 6.29. The molecule has 0 aliphatic carbocycles. The first-order valence-electron chi connectivity index (χ1n) is 6.67. The zero-order valence-corrected chi connectivity index (χ0v) is 12.4. The molecule has 1 aromatic rings. The molecule has 19 heavy (non-hydrogen) atoms. The van der Waals surface area contributed by atoms with E-state index in [1.807, 2.05) is 34.1 Å². The van der Waals surface area contributed by atoms with E-state index in [9.17, 15) is 0 Å². The van der Waals surface area contributed by atoms with Crippen LogP contribution in [0.5, 0.6) is 0 Å². The number of ether oxygens (including phenoxy) is 1. The summed E-state index contributed by atoms with van der Waals surface area (Å²) in [6.45, 7) is 5.16.